The number of urea groups is 1. The molecule has 1 aliphatic rings. The molecule has 0 saturated heterocycles. The van der Waals surface area contributed by atoms with Gasteiger partial charge in [-0.2, -0.15) is 0 Å². The Morgan fingerprint density at radius 1 is 1.42 bits per heavy atom. The second-order valence-electron chi connectivity index (χ2n) is 9.07. The van der Waals surface area contributed by atoms with Crippen LogP contribution in [-0.4, -0.2) is 70.7 Å². The van der Waals surface area contributed by atoms with Gasteiger partial charge in [-0.3, -0.25) is 4.79 Å². The number of likely N-dealkylation sites (N-methyl/N-ethyl adjacent to an activating group) is 1. The maximum absolute atomic E-state index is 13.5. The van der Waals surface area contributed by atoms with Crippen molar-refractivity contribution in [1.82, 2.24) is 14.8 Å². The van der Waals surface area contributed by atoms with Crippen molar-refractivity contribution in [3.63, 3.8) is 0 Å². The number of nitrogens with zero attached hydrogens (tertiary/aromatic N) is 3. The molecule has 2 heterocycles. The molecule has 3 amide bonds. The molecule has 2 aromatic rings. The topological polar surface area (TPSA) is 95.0 Å². The average Bonchev–Trinajstić information content (AvgIpc) is 2.86. The number of benzene rings is 1. The van der Waals surface area contributed by atoms with E-state index in [2.05, 4.69) is 22.1 Å². The number of rotatable bonds is 6. The number of unbranched alkanes of at least 4 members (excludes halogenated alkanes) is 1. The molecule has 1 aliphatic heterocycles. The van der Waals surface area contributed by atoms with Crippen molar-refractivity contribution in [1.29, 1.82) is 0 Å². The summed E-state index contributed by atoms with van der Waals surface area (Å²) in [5.74, 6) is 5.31. The highest BCUT2D eigenvalue weighted by molar-refractivity contribution is 5.97. The summed E-state index contributed by atoms with van der Waals surface area (Å²) in [6, 6.07) is 6.47. The Morgan fingerprint density at radius 3 is 2.89 bits per heavy atom. The smallest absolute Gasteiger partial charge is 0.321 e. The highest BCUT2D eigenvalue weighted by Gasteiger charge is 2.34. The number of amides is 3. The summed E-state index contributed by atoms with van der Waals surface area (Å²) in [6.45, 7) is 6.04. The number of ether oxygens (including phenoxy) is 1. The van der Waals surface area contributed by atoms with E-state index in [-0.39, 0.29) is 36.4 Å². The Kier molecular flexibility index (Phi) is 9.25. The second-order valence-corrected chi connectivity index (χ2v) is 9.07. The first-order valence-electron chi connectivity index (χ1n) is 12.1. The number of fused-ring (bicyclic) bond motifs is 1. The zero-order valence-corrected chi connectivity index (χ0v) is 21.1. The van der Waals surface area contributed by atoms with Gasteiger partial charge < -0.3 is 25.0 Å². The highest BCUT2D eigenvalue weighted by atomic mass is 19.1. The Labute approximate surface area is 211 Å². The molecular weight excluding hydrogens is 463 g/mol. The molecule has 192 valence electrons. The standard InChI is InChI=1S/C27H33FN4O4/c1-5-6-7-9-20-12-23-25(29-14-20)36-24(18(2)15-32(26(23)34)19(3)17-33)16-31(4)27(35)30-22-11-8-10-21(28)13-22/h8,10-14,18-19,24,33H,5-6,15-17H2,1-4H3,(H,30,35)/t18-,19-,24+/m0/s1. The molecule has 0 fully saturated rings. The normalized spacial score (nSPS) is 18.1. The summed E-state index contributed by atoms with van der Waals surface area (Å²) in [5, 5.41) is 12.5. The van der Waals surface area contributed by atoms with Gasteiger partial charge in [-0.15, -0.1) is 0 Å². The van der Waals surface area contributed by atoms with Crippen LogP contribution in [0.4, 0.5) is 14.9 Å². The van der Waals surface area contributed by atoms with Gasteiger partial charge in [-0.05, 0) is 37.6 Å². The largest absolute Gasteiger partial charge is 0.472 e. The van der Waals surface area contributed by atoms with Crippen LogP contribution in [0.25, 0.3) is 0 Å². The molecular formula is C27H33FN4O4. The lowest BCUT2D eigenvalue weighted by Crippen LogP contribution is -2.50. The van der Waals surface area contributed by atoms with E-state index >= 15 is 0 Å². The van der Waals surface area contributed by atoms with E-state index in [1.807, 2.05) is 13.8 Å². The van der Waals surface area contributed by atoms with Gasteiger partial charge in [0, 0.05) is 43.4 Å². The van der Waals surface area contributed by atoms with E-state index in [0.29, 0.717) is 17.8 Å². The van der Waals surface area contributed by atoms with Gasteiger partial charge in [0.15, 0.2) is 0 Å². The number of aliphatic hydroxyl groups excluding tert-OH is 1. The molecule has 0 radical (unpaired) electrons. The highest BCUT2D eigenvalue weighted by Crippen LogP contribution is 2.27. The molecule has 0 saturated carbocycles. The van der Waals surface area contributed by atoms with Crippen LogP contribution in [0, 0.1) is 23.6 Å². The first-order chi connectivity index (χ1) is 17.2. The minimum atomic E-state index is -0.502. The number of anilines is 1. The van der Waals surface area contributed by atoms with Crippen LogP contribution in [0.3, 0.4) is 0 Å². The molecule has 2 N–H and O–H groups in total. The predicted octanol–water partition coefficient (Wildman–Crippen LogP) is 3.76. The lowest BCUT2D eigenvalue weighted by molar-refractivity contribution is 0.0356. The maximum Gasteiger partial charge on any atom is 0.321 e. The second kappa shape index (κ2) is 12.4. The molecule has 9 heteroatoms. The minimum Gasteiger partial charge on any atom is -0.472 e. The molecule has 36 heavy (non-hydrogen) atoms. The summed E-state index contributed by atoms with van der Waals surface area (Å²) in [7, 11) is 1.61. The number of aromatic nitrogens is 1. The van der Waals surface area contributed by atoms with Crippen LogP contribution < -0.4 is 10.1 Å². The lowest BCUT2D eigenvalue weighted by atomic mass is 10.00. The van der Waals surface area contributed by atoms with Crippen LogP contribution in [0.5, 0.6) is 5.88 Å². The number of hydrogen-bond acceptors (Lipinski definition) is 5. The summed E-state index contributed by atoms with van der Waals surface area (Å²) in [6.07, 6.45) is 2.73. The SMILES string of the molecule is CCCC#Cc1cnc2c(c1)C(=O)N([C@@H](C)CO)C[C@H](C)[C@@H](CN(C)C(=O)Nc1cccc(F)c1)O2. The molecule has 1 aromatic carbocycles. The van der Waals surface area contributed by atoms with Crippen molar-refractivity contribution in [3.05, 3.63) is 53.5 Å². The minimum absolute atomic E-state index is 0.159. The third-order valence-corrected chi connectivity index (χ3v) is 6.01. The number of pyridine rings is 1. The first kappa shape index (κ1) is 27.0. The van der Waals surface area contributed by atoms with Crippen molar-refractivity contribution in [2.24, 2.45) is 5.92 Å². The van der Waals surface area contributed by atoms with Gasteiger partial charge in [-0.1, -0.05) is 31.8 Å². The number of halogens is 1. The summed E-state index contributed by atoms with van der Waals surface area (Å²) >= 11 is 0. The fourth-order valence-electron chi connectivity index (χ4n) is 3.82. The maximum atomic E-state index is 13.5. The summed E-state index contributed by atoms with van der Waals surface area (Å²) in [4.78, 5) is 33.6. The third kappa shape index (κ3) is 6.73. The van der Waals surface area contributed by atoms with Crippen LogP contribution in [0.2, 0.25) is 0 Å². The van der Waals surface area contributed by atoms with E-state index < -0.39 is 24.0 Å². The van der Waals surface area contributed by atoms with Crippen molar-refractivity contribution in [2.45, 2.75) is 45.8 Å². The fourth-order valence-corrected chi connectivity index (χ4v) is 3.82. The van der Waals surface area contributed by atoms with Crippen molar-refractivity contribution >= 4 is 17.6 Å². The lowest BCUT2D eigenvalue weighted by Gasteiger charge is -2.37. The van der Waals surface area contributed by atoms with Gasteiger partial charge in [0.2, 0.25) is 5.88 Å². The Bertz CT molecular complexity index is 1150. The van der Waals surface area contributed by atoms with Crippen LogP contribution in [0.1, 0.15) is 49.5 Å². The van der Waals surface area contributed by atoms with E-state index in [0.717, 1.165) is 12.8 Å². The van der Waals surface area contributed by atoms with Crippen LogP contribution in [0.15, 0.2) is 36.5 Å². The zero-order chi connectivity index (χ0) is 26.2. The number of aliphatic hydroxyl groups is 1. The molecule has 0 bridgehead atoms. The zero-order valence-electron chi connectivity index (χ0n) is 21.1. The number of nitrogens with one attached hydrogen (secondary N) is 1. The number of hydrogen-bond donors (Lipinski definition) is 2. The van der Waals surface area contributed by atoms with Crippen LogP contribution in [-0.2, 0) is 0 Å². The van der Waals surface area contributed by atoms with Gasteiger partial charge in [0.25, 0.3) is 5.91 Å². The Balaban J connectivity index is 1.87. The molecule has 8 nitrogen and oxygen atoms in total. The first-order valence-corrected chi connectivity index (χ1v) is 12.1. The Morgan fingerprint density at radius 2 is 2.19 bits per heavy atom. The van der Waals surface area contributed by atoms with E-state index in [9.17, 15) is 19.1 Å². The monoisotopic (exact) mass is 496 g/mol. The van der Waals surface area contributed by atoms with Gasteiger partial charge in [0.1, 0.15) is 17.5 Å². The number of carbonyl (C=O) groups excluding carboxylic acids is 2. The average molecular weight is 497 g/mol. The third-order valence-electron chi connectivity index (χ3n) is 6.01. The summed E-state index contributed by atoms with van der Waals surface area (Å²) < 4.78 is 19.7. The fraction of sp³-hybridized carbons (Fsp3) is 0.444. The summed E-state index contributed by atoms with van der Waals surface area (Å²) in [5.41, 5.74) is 1.21. The Hall–Kier alpha value is -3.64. The molecule has 1 aromatic heterocycles. The van der Waals surface area contributed by atoms with Crippen molar-refractivity contribution in [2.75, 3.05) is 32.1 Å². The van der Waals surface area contributed by atoms with Crippen molar-refractivity contribution < 1.29 is 23.8 Å². The van der Waals surface area contributed by atoms with Crippen molar-refractivity contribution in [3.8, 4) is 17.7 Å². The molecule has 3 atom stereocenters. The molecule has 0 spiro atoms. The van der Waals surface area contributed by atoms with Gasteiger partial charge >= 0.3 is 6.03 Å². The molecule has 3 rings (SSSR count). The van der Waals surface area contributed by atoms with E-state index in [4.69, 9.17) is 4.74 Å². The van der Waals surface area contributed by atoms with E-state index in [1.165, 1.54) is 23.1 Å². The molecule has 0 unspecified atom stereocenters. The predicted molar refractivity (Wildman–Crippen MR) is 135 cm³/mol. The van der Waals surface area contributed by atoms with Crippen LogP contribution >= 0.6 is 0 Å². The van der Waals surface area contributed by atoms with Gasteiger partial charge in [0.05, 0.1) is 19.2 Å². The number of carbonyl (C=O) groups is 2. The van der Waals surface area contributed by atoms with E-state index in [1.54, 1.807) is 37.2 Å². The van der Waals surface area contributed by atoms with Gasteiger partial charge in [-0.25, -0.2) is 14.2 Å². The molecule has 0 aliphatic carbocycles. The quantitative estimate of drug-likeness (QED) is 0.594.